The predicted molar refractivity (Wildman–Crippen MR) is 267 cm³/mol. The molecule has 67 heavy (non-hydrogen) atoms. The van der Waals surface area contributed by atoms with Gasteiger partial charge >= 0.3 is 0 Å². The first-order valence-corrected chi connectivity index (χ1v) is 25.2. The number of nitrogens with one attached hydrogen (secondary N) is 3. The zero-order valence-corrected chi connectivity index (χ0v) is 42.1. The maximum absolute atomic E-state index is 13.6. The number of hydrogen-bond acceptors (Lipinski definition) is 13. The van der Waals surface area contributed by atoms with E-state index in [4.69, 9.17) is 11.5 Å². The molecule has 0 spiro atoms. The summed E-state index contributed by atoms with van der Waals surface area (Å²) in [5.41, 5.74) is 20.7. The Labute approximate surface area is 404 Å². The van der Waals surface area contributed by atoms with Crippen LogP contribution in [0.5, 0.6) is 0 Å². The fourth-order valence-corrected chi connectivity index (χ4v) is 9.90. The van der Waals surface area contributed by atoms with Gasteiger partial charge in [-0.05, 0) is 72.9 Å². The van der Waals surface area contributed by atoms with Crippen LogP contribution in [0.15, 0.2) is 59.6 Å². The minimum Gasteiger partial charge on any atom is -0.391 e. The van der Waals surface area contributed by atoms with Gasteiger partial charge in [0.05, 0.1) is 56.5 Å². The molecule has 9 N–H and O–H groups in total. The molecule has 6 atom stereocenters. The fourth-order valence-electron chi connectivity index (χ4n) is 8.28. The molecule has 2 aromatic carbocycles. The lowest BCUT2D eigenvalue weighted by Gasteiger charge is -2.35. The highest BCUT2D eigenvalue weighted by atomic mass is 32.1. The summed E-state index contributed by atoms with van der Waals surface area (Å²) in [5, 5.41) is 29.7. The second kappa shape index (κ2) is 24.1. The van der Waals surface area contributed by atoms with Gasteiger partial charge in [-0.25, -0.2) is 9.97 Å². The highest BCUT2D eigenvalue weighted by Crippen LogP contribution is 2.30. The molecule has 0 aliphatic carbocycles. The number of benzene rings is 2. The Kier molecular flexibility index (Phi) is 19.2. The molecular weight excluding hydrogens is 887 g/mol. The largest absolute Gasteiger partial charge is 0.391 e. The number of carbonyl (C=O) groups is 4. The average molecular weight is 960 g/mol. The molecule has 0 radical (unpaired) electrons. The summed E-state index contributed by atoms with van der Waals surface area (Å²) in [5.74, 6) is -0.941. The molecule has 4 amide bonds. The molecule has 0 saturated carbocycles. The van der Waals surface area contributed by atoms with Gasteiger partial charge in [-0.2, -0.15) is 0 Å². The number of carbonyl (C=O) groups excluding carboxylic acids is 4. The number of rotatable bonds is 17. The van der Waals surface area contributed by atoms with Crippen molar-refractivity contribution in [3.05, 3.63) is 82.1 Å². The molecule has 4 heterocycles. The number of unbranched alkanes of at least 4 members (excludes halogenated alkanes) is 3. The zero-order chi connectivity index (χ0) is 49.1. The summed E-state index contributed by atoms with van der Waals surface area (Å²) in [6.45, 7) is 18.1. The van der Waals surface area contributed by atoms with E-state index < -0.39 is 41.8 Å². The van der Waals surface area contributed by atoms with Gasteiger partial charge in [0.15, 0.2) is 0 Å². The lowest BCUT2D eigenvalue weighted by Crippen LogP contribution is -2.56. The van der Waals surface area contributed by atoms with Crippen molar-refractivity contribution >= 4 is 46.3 Å². The standard InChI is InChI=1S/C28H43N5O3S.C22H30N4O3S/c1-19-24(37-18-32-19)21-11-9-20(10-12-21)16-31-26(35)23-15-22(34)17-33(23)27(36)25(28(2,3)4)30-14-8-6-5-7-13-29;1-13-18(30-12-25-13)15-7-5-14(6-8-15)10-24-20(28)17-9-16(27)11-26(17)21(29)19(23)22(2,3)4/h9-12,18,22-23,25,30,34H,5-8,13-17,29H2,1-4H3,(H,31,35);5-8,12,16-17,19,27H,9-11,23H2,1-4H3,(H,24,28)/t22-,23+,25-;16-,17+,19-/m11/s1. The maximum Gasteiger partial charge on any atom is 0.243 e. The number of amides is 4. The zero-order valence-electron chi connectivity index (χ0n) is 40.5. The summed E-state index contributed by atoms with van der Waals surface area (Å²) in [6, 6.07) is 13.5. The third-order valence-corrected chi connectivity index (χ3v) is 14.3. The van der Waals surface area contributed by atoms with Gasteiger partial charge < -0.3 is 47.4 Å². The molecular formula is C50H73N9O6S2. The van der Waals surface area contributed by atoms with Crippen molar-refractivity contribution in [2.24, 2.45) is 22.3 Å². The van der Waals surface area contributed by atoms with Crippen molar-refractivity contribution in [1.82, 2.24) is 35.7 Å². The maximum atomic E-state index is 13.6. The number of aromatic nitrogens is 2. The van der Waals surface area contributed by atoms with Gasteiger partial charge in [-0.15, -0.1) is 22.7 Å². The number of β-amino-alcohol motifs (C(OH)–C–C–N with tert-alkyl or cyclic N) is 2. The molecule has 2 aliphatic rings. The molecule has 366 valence electrons. The number of thiazole rings is 2. The van der Waals surface area contributed by atoms with Gasteiger partial charge in [0.2, 0.25) is 23.6 Å². The lowest BCUT2D eigenvalue weighted by molar-refractivity contribution is -0.142. The Balaban J connectivity index is 0.000000256. The van der Waals surface area contributed by atoms with E-state index in [9.17, 15) is 29.4 Å². The van der Waals surface area contributed by atoms with Crippen molar-refractivity contribution in [1.29, 1.82) is 0 Å². The number of aryl methyl sites for hydroxylation is 2. The van der Waals surface area contributed by atoms with Crippen LogP contribution in [0.4, 0.5) is 0 Å². The van der Waals surface area contributed by atoms with Crippen molar-refractivity contribution < 1.29 is 29.4 Å². The van der Waals surface area contributed by atoms with E-state index in [1.54, 1.807) is 27.6 Å². The van der Waals surface area contributed by atoms with Crippen LogP contribution >= 0.6 is 22.7 Å². The van der Waals surface area contributed by atoms with Crippen LogP contribution in [0.3, 0.4) is 0 Å². The Bertz CT molecular complexity index is 2230. The fraction of sp³-hybridized carbons (Fsp3) is 0.560. The van der Waals surface area contributed by atoms with E-state index in [1.807, 2.05) is 115 Å². The van der Waals surface area contributed by atoms with Crippen LogP contribution in [0.1, 0.15) is 103 Å². The molecule has 2 aromatic heterocycles. The number of nitrogens with zero attached hydrogens (tertiary/aromatic N) is 4. The van der Waals surface area contributed by atoms with Gasteiger partial charge in [-0.3, -0.25) is 19.2 Å². The van der Waals surface area contributed by atoms with E-state index >= 15 is 0 Å². The molecule has 2 saturated heterocycles. The molecule has 6 rings (SSSR count). The Morgan fingerprint density at radius 1 is 0.687 bits per heavy atom. The molecule has 0 unspecified atom stereocenters. The van der Waals surface area contributed by atoms with Gasteiger partial charge in [0.1, 0.15) is 12.1 Å². The highest BCUT2D eigenvalue weighted by molar-refractivity contribution is 7.13. The third-order valence-electron chi connectivity index (χ3n) is 12.4. The topological polar surface area (TPSA) is 229 Å². The summed E-state index contributed by atoms with van der Waals surface area (Å²) >= 11 is 3.21. The van der Waals surface area contributed by atoms with Crippen LogP contribution in [0.25, 0.3) is 20.9 Å². The van der Waals surface area contributed by atoms with Crippen LogP contribution in [-0.2, 0) is 32.3 Å². The van der Waals surface area contributed by atoms with Crippen molar-refractivity contribution in [3.8, 4) is 20.9 Å². The number of likely N-dealkylation sites (tertiary alicyclic amines) is 2. The second-order valence-corrected chi connectivity index (χ2v) is 21.7. The van der Waals surface area contributed by atoms with E-state index in [0.29, 0.717) is 19.6 Å². The molecule has 4 aromatic rings. The normalized spacial score (nSPS) is 19.4. The minimum absolute atomic E-state index is 0.129. The second-order valence-electron chi connectivity index (χ2n) is 20.0. The molecule has 2 fully saturated rings. The first kappa shape index (κ1) is 53.3. The minimum atomic E-state index is -0.735. The highest BCUT2D eigenvalue weighted by Gasteiger charge is 2.44. The van der Waals surface area contributed by atoms with Crippen molar-refractivity contribution in [2.45, 2.75) is 143 Å². The van der Waals surface area contributed by atoms with E-state index in [0.717, 1.165) is 75.6 Å². The Morgan fingerprint density at radius 3 is 1.51 bits per heavy atom. The quantitative estimate of drug-likeness (QED) is 0.0673. The van der Waals surface area contributed by atoms with Crippen molar-refractivity contribution in [2.75, 3.05) is 26.2 Å². The molecule has 15 nitrogen and oxygen atoms in total. The number of aliphatic hydroxyl groups excluding tert-OH is 2. The summed E-state index contributed by atoms with van der Waals surface area (Å²) in [4.78, 5) is 66.2. The van der Waals surface area contributed by atoms with Gasteiger partial charge in [0, 0.05) is 39.0 Å². The first-order chi connectivity index (χ1) is 31.7. The summed E-state index contributed by atoms with van der Waals surface area (Å²) in [6.07, 6.45) is 3.16. The average Bonchev–Trinajstić information content (AvgIpc) is 4.10. The van der Waals surface area contributed by atoms with E-state index in [-0.39, 0.29) is 55.0 Å². The summed E-state index contributed by atoms with van der Waals surface area (Å²) in [7, 11) is 0. The number of hydrogen-bond donors (Lipinski definition) is 7. The van der Waals surface area contributed by atoms with Crippen LogP contribution in [-0.4, -0.2) is 116 Å². The van der Waals surface area contributed by atoms with Crippen molar-refractivity contribution in [3.63, 3.8) is 0 Å². The van der Waals surface area contributed by atoms with Gasteiger partial charge in [-0.1, -0.05) is 103 Å². The van der Waals surface area contributed by atoms with E-state index in [1.165, 1.54) is 4.90 Å². The smallest absolute Gasteiger partial charge is 0.243 e. The monoisotopic (exact) mass is 960 g/mol. The Hall–Kier alpha value is -4.62. The molecule has 2 aliphatic heterocycles. The molecule has 0 bridgehead atoms. The Morgan fingerprint density at radius 2 is 1.12 bits per heavy atom. The predicted octanol–water partition coefficient (Wildman–Crippen LogP) is 5.29. The lowest BCUT2D eigenvalue weighted by atomic mass is 9.85. The van der Waals surface area contributed by atoms with Crippen LogP contribution in [0.2, 0.25) is 0 Å². The first-order valence-electron chi connectivity index (χ1n) is 23.4. The summed E-state index contributed by atoms with van der Waals surface area (Å²) < 4.78 is 0. The molecule has 17 heteroatoms. The third kappa shape index (κ3) is 14.7. The number of aliphatic hydroxyl groups is 2. The van der Waals surface area contributed by atoms with Gasteiger partial charge in [0.25, 0.3) is 0 Å². The van der Waals surface area contributed by atoms with Crippen LogP contribution < -0.4 is 27.4 Å². The van der Waals surface area contributed by atoms with E-state index in [2.05, 4.69) is 25.9 Å². The SMILES string of the molecule is Cc1ncsc1-c1ccc(CNC(=O)[C@@H]2C[C@@H](O)CN2C(=O)[C@@H](N)C(C)(C)C)cc1.Cc1ncsc1-c1ccc(CNC(=O)[C@@H]2C[C@@H](O)CN2C(=O)[C@@H](NCCCCCCN)C(C)(C)C)cc1. The van der Waals surface area contributed by atoms with Crippen LogP contribution in [0, 0.1) is 24.7 Å². The number of nitrogens with two attached hydrogens (primary N) is 2.